The number of pyridine rings is 2. The van der Waals surface area contributed by atoms with Crippen molar-refractivity contribution in [3.63, 3.8) is 0 Å². The number of hydrogen-bond acceptors (Lipinski definition) is 3. The Morgan fingerprint density at radius 2 is 2.00 bits per heavy atom. The predicted octanol–water partition coefficient (Wildman–Crippen LogP) is 2.82. The third kappa shape index (κ3) is 3.35. The molecule has 0 radical (unpaired) electrons. The molecule has 2 aromatic heterocycles. The molecule has 4 heteroatoms. The summed E-state index contributed by atoms with van der Waals surface area (Å²) in [5.41, 5.74) is 2.62. The lowest BCUT2D eigenvalue weighted by Gasteiger charge is -2.09. The van der Waals surface area contributed by atoms with E-state index in [1.54, 1.807) is 12.4 Å². The van der Waals surface area contributed by atoms with E-state index in [1.807, 2.05) is 31.2 Å². The van der Waals surface area contributed by atoms with Crippen LogP contribution in [0.2, 0.25) is 0 Å². The van der Waals surface area contributed by atoms with Crippen LogP contribution in [-0.4, -0.2) is 15.1 Å². The molecule has 0 spiro atoms. The van der Waals surface area contributed by atoms with Crippen LogP contribution in [0.5, 0.6) is 0 Å². The average Bonchev–Trinajstić information content (AvgIpc) is 2.33. The minimum absolute atomic E-state index is 0.476. The lowest BCUT2D eigenvalue weighted by molar-refractivity contribution is 0.172. The van der Waals surface area contributed by atoms with Gasteiger partial charge in [0.25, 0.3) is 0 Å². The highest BCUT2D eigenvalue weighted by atomic mass is 79.9. The molecule has 0 aromatic carbocycles. The second kappa shape index (κ2) is 5.38. The molecular formula is C13H13BrN2O. The van der Waals surface area contributed by atoms with Crippen molar-refractivity contribution in [2.24, 2.45) is 0 Å². The van der Waals surface area contributed by atoms with E-state index in [0.717, 1.165) is 15.7 Å². The number of halogens is 1. The Morgan fingerprint density at radius 1 is 1.18 bits per heavy atom. The lowest BCUT2D eigenvalue weighted by atomic mass is 10.1. The summed E-state index contributed by atoms with van der Waals surface area (Å²) in [6, 6.07) is 7.60. The van der Waals surface area contributed by atoms with Gasteiger partial charge in [0.05, 0.1) is 5.69 Å². The summed E-state index contributed by atoms with van der Waals surface area (Å²) in [5, 5.41) is 10.0. The topological polar surface area (TPSA) is 46.0 Å². The van der Waals surface area contributed by atoms with Crippen LogP contribution in [0.1, 0.15) is 23.1 Å². The third-order valence-electron chi connectivity index (χ3n) is 2.47. The van der Waals surface area contributed by atoms with E-state index < -0.39 is 6.10 Å². The maximum atomic E-state index is 10.0. The second-order valence-electron chi connectivity index (χ2n) is 3.95. The summed E-state index contributed by atoms with van der Waals surface area (Å²) in [7, 11) is 0. The fourth-order valence-corrected chi connectivity index (χ4v) is 1.74. The Labute approximate surface area is 109 Å². The van der Waals surface area contributed by atoms with E-state index >= 15 is 0 Å². The largest absolute Gasteiger partial charge is 0.386 e. The number of hydrogen-bond donors (Lipinski definition) is 1. The van der Waals surface area contributed by atoms with Gasteiger partial charge < -0.3 is 5.11 Å². The Bertz CT molecular complexity index is 482. The van der Waals surface area contributed by atoms with Crippen molar-refractivity contribution >= 4 is 15.9 Å². The van der Waals surface area contributed by atoms with Crippen molar-refractivity contribution in [2.75, 3.05) is 0 Å². The molecule has 0 bridgehead atoms. The number of aliphatic hydroxyl groups is 1. The minimum atomic E-state index is -0.607. The van der Waals surface area contributed by atoms with Gasteiger partial charge in [-0.05, 0) is 46.6 Å². The fourth-order valence-electron chi connectivity index (χ4n) is 1.51. The Hall–Kier alpha value is -1.26. The molecule has 1 unspecified atom stereocenters. The maximum Gasteiger partial charge on any atom is 0.101 e. The predicted molar refractivity (Wildman–Crippen MR) is 69.6 cm³/mol. The van der Waals surface area contributed by atoms with Crippen LogP contribution in [0.3, 0.4) is 0 Å². The number of rotatable bonds is 3. The molecule has 0 saturated carbocycles. The van der Waals surface area contributed by atoms with Gasteiger partial charge in [-0.15, -0.1) is 0 Å². The summed E-state index contributed by atoms with van der Waals surface area (Å²) >= 11 is 3.33. The molecule has 1 N–H and O–H groups in total. The van der Waals surface area contributed by atoms with Gasteiger partial charge in [0.15, 0.2) is 0 Å². The SMILES string of the molecule is Cc1ccc(C(O)Cc2ccc(Br)cn2)nc1. The Morgan fingerprint density at radius 3 is 2.59 bits per heavy atom. The van der Waals surface area contributed by atoms with Gasteiger partial charge in [0.2, 0.25) is 0 Å². The molecule has 3 nitrogen and oxygen atoms in total. The fraction of sp³-hybridized carbons (Fsp3) is 0.231. The van der Waals surface area contributed by atoms with Crippen LogP contribution >= 0.6 is 15.9 Å². The van der Waals surface area contributed by atoms with Crippen LogP contribution in [0, 0.1) is 6.92 Å². The average molecular weight is 293 g/mol. The summed E-state index contributed by atoms with van der Waals surface area (Å²) in [5.74, 6) is 0. The van der Waals surface area contributed by atoms with E-state index in [0.29, 0.717) is 12.1 Å². The van der Waals surface area contributed by atoms with Crippen molar-refractivity contribution in [3.8, 4) is 0 Å². The van der Waals surface area contributed by atoms with Gasteiger partial charge in [-0.1, -0.05) is 6.07 Å². The van der Waals surface area contributed by atoms with Crippen LogP contribution < -0.4 is 0 Å². The first-order chi connectivity index (χ1) is 8.15. The number of nitrogens with zero attached hydrogens (tertiary/aromatic N) is 2. The summed E-state index contributed by atoms with van der Waals surface area (Å²) < 4.78 is 0.934. The first kappa shape index (κ1) is 12.2. The highest BCUT2D eigenvalue weighted by Gasteiger charge is 2.10. The lowest BCUT2D eigenvalue weighted by Crippen LogP contribution is -2.05. The van der Waals surface area contributed by atoms with Crippen molar-refractivity contribution in [1.29, 1.82) is 0 Å². The zero-order valence-electron chi connectivity index (χ0n) is 9.47. The molecule has 0 aliphatic rings. The van der Waals surface area contributed by atoms with Crippen LogP contribution in [0.15, 0.2) is 41.1 Å². The van der Waals surface area contributed by atoms with Crippen LogP contribution in [-0.2, 0) is 6.42 Å². The van der Waals surface area contributed by atoms with Crippen molar-refractivity contribution in [2.45, 2.75) is 19.4 Å². The molecular weight excluding hydrogens is 280 g/mol. The number of aromatic nitrogens is 2. The second-order valence-corrected chi connectivity index (χ2v) is 4.86. The van der Waals surface area contributed by atoms with Gasteiger partial charge >= 0.3 is 0 Å². The van der Waals surface area contributed by atoms with Gasteiger partial charge in [-0.3, -0.25) is 9.97 Å². The van der Waals surface area contributed by atoms with Gasteiger partial charge in [-0.2, -0.15) is 0 Å². The molecule has 2 aromatic rings. The molecule has 2 rings (SSSR count). The minimum Gasteiger partial charge on any atom is -0.386 e. The van der Waals surface area contributed by atoms with E-state index in [9.17, 15) is 5.11 Å². The third-order valence-corrected chi connectivity index (χ3v) is 2.94. The first-order valence-corrected chi connectivity index (χ1v) is 6.15. The zero-order chi connectivity index (χ0) is 12.3. The first-order valence-electron chi connectivity index (χ1n) is 5.36. The molecule has 17 heavy (non-hydrogen) atoms. The van der Waals surface area contributed by atoms with Crippen LogP contribution in [0.4, 0.5) is 0 Å². The van der Waals surface area contributed by atoms with Gasteiger partial charge in [0.1, 0.15) is 6.10 Å². The number of aliphatic hydroxyl groups excluding tert-OH is 1. The standard InChI is InChI=1S/C13H13BrN2O/c1-9-2-5-12(16-7-9)13(17)6-11-4-3-10(14)8-15-11/h2-5,7-8,13,17H,6H2,1H3. The van der Waals surface area contributed by atoms with Gasteiger partial charge in [-0.25, -0.2) is 0 Å². The molecule has 0 aliphatic heterocycles. The van der Waals surface area contributed by atoms with E-state index in [2.05, 4.69) is 25.9 Å². The summed E-state index contributed by atoms with van der Waals surface area (Å²) in [6.45, 7) is 1.97. The molecule has 1 atom stereocenters. The molecule has 0 fully saturated rings. The maximum absolute atomic E-state index is 10.0. The quantitative estimate of drug-likeness (QED) is 0.946. The van der Waals surface area contributed by atoms with Crippen molar-refractivity contribution < 1.29 is 5.11 Å². The normalized spacial score (nSPS) is 12.4. The molecule has 0 saturated heterocycles. The monoisotopic (exact) mass is 292 g/mol. The summed E-state index contributed by atoms with van der Waals surface area (Å²) in [6.07, 6.45) is 3.35. The van der Waals surface area contributed by atoms with Crippen molar-refractivity contribution in [1.82, 2.24) is 9.97 Å². The van der Waals surface area contributed by atoms with Gasteiger partial charge in [0, 0.05) is 29.0 Å². The van der Waals surface area contributed by atoms with E-state index in [4.69, 9.17) is 0 Å². The highest BCUT2D eigenvalue weighted by molar-refractivity contribution is 9.10. The number of aryl methyl sites for hydroxylation is 1. The van der Waals surface area contributed by atoms with Crippen molar-refractivity contribution in [3.05, 3.63) is 58.1 Å². The molecule has 88 valence electrons. The smallest absolute Gasteiger partial charge is 0.101 e. The summed E-state index contributed by atoms with van der Waals surface area (Å²) in [4.78, 5) is 8.43. The van der Waals surface area contributed by atoms with E-state index in [1.165, 1.54) is 0 Å². The van der Waals surface area contributed by atoms with E-state index in [-0.39, 0.29) is 0 Å². The Kier molecular flexibility index (Phi) is 3.86. The molecule has 0 amide bonds. The zero-order valence-corrected chi connectivity index (χ0v) is 11.1. The Balaban J connectivity index is 2.08. The molecule has 0 aliphatic carbocycles. The molecule has 2 heterocycles. The highest BCUT2D eigenvalue weighted by Crippen LogP contribution is 2.16. The van der Waals surface area contributed by atoms with Crippen LogP contribution in [0.25, 0.3) is 0 Å².